The number of ether oxygens (including phenoxy) is 1. The first-order valence-electron chi connectivity index (χ1n) is 8.33. The van der Waals surface area contributed by atoms with Gasteiger partial charge in [0.25, 0.3) is 0 Å². The third-order valence-corrected chi connectivity index (χ3v) is 8.88. The molecule has 0 saturated carbocycles. The van der Waals surface area contributed by atoms with Gasteiger partial charge < -0.3 is 9.30 Å². The van der Waals surface area contributed by atoms with Gasteiger partial charge in [0, 0.05) is 10.6 Å². The summed E-state index contributed by atoms with van der Waals surface area (Å²) in [6.07, 6.45) is 0. The zero-order valence-corrected chi connectivity index (χ0v) is 16.2. The zero-order chi connectivity index (χ0) is 18.9. The molecule has 0 unspecified atom stereocenters. The highest BCUT2D eigenvalue weighted by Gasteiger charge is 2.33. The Labute approximate surface area is 160 Å². The molecule has 27 heavy (non-hydrogen) atoms. The second-order valence-corrected chi connectivity index (χ2v) is 9.96. The Morgan fingerprint density at radius 1 is 0.926 bits per heavy atom. The molecule has 4 rings (SSSR count). The van der Waals surface area contributed by atoms with Gasteiger partial charge in [-0.1, -0.05) is 60.7 Å². The average molecular weight is 393 g/mol. The van der Waals surface area contributed by atoms with Crippen LogP contribution in [0.3, 0.4) is 0 Å². The number of fused-ring (bicyclic) bond motifs is 1. The molecule has 0 bridgehead atoms. The highest BCUT2D eigenvalue weighted by Crippen LogP contribution is 2.44. The zero-order valence-electron chi connectivity index (χ0n) is 14.5. The van der Waals surface area contributed by atoms with E-state index < -0.39 is 13.1 Å². The molecule has 0 aliphatic carbocycles. The Morgan fingerprint density at radius 3 is 2.07 bits per heavy atom. The van der Waals surface area contributed by atoms with Crippen LogP contribution >= 0.6 is 18.5 Å². The number of methoxy groups -OCH3 is 1. The minimum atomic E-state index is -3.10. The first-order valence-corrected chi connectivity index (χ1v) is 10.9. The van der Waals surface area contributed by atoms with Crippen molar-refractivity contribution in [1.82, 2.24) is 4.98 Å². The smallest absolute Gasteiger partial charge is 0.337 e. The van der Waals surface area contributed by atoms with Gasteiger partial charge in [-0.15, -0.1) is 11.3 Å². The SMILES string of the molecule is COC(=O)c1ccc2sc(P(=O)(c3ccccc3)c3ccccc3)nc2c1. The van der Waals surface area contributed by atoms with Gasteiger partial charge in [0.15, 0.2) is 11.9 Å². The molecule has 4 aromatic rings. The van der Waals surface area contributed by atoms with Crippen LogP contribution < -0.4 is 15.4 Å². The molecule has 0 spiro atoms. The Hall–Kier alpha value is -2.75. The summed E-state index contributed by atoms with van der Waals surface area (Å²) in [6.45, 7) is 0. The molecule has 0 atom stereocenters. The quantitative estimate of drug-likeness (QED) is 0.392. The van der Waals surface area contributed by atoms with Crippen molar-refractivity contribution in [2.45, 2.75) is 0 Å². The van der Waals surface area contributed by atoms with E-state index in [1.54, 1.807) is 12.1 Å². The predicted molar refractivity (Wildman–Crippen MR) is 110 cm³/mol. The van der Waals surface area contributed by atoms with Crippen molar-refractivity contribution in [2.75, 3.05) is 7.11 Å². The largest absolute Gasteiger partial charge is 0.465 e. The van der Waals surface area contributed by atoms with Crippen LogP contribution in [-0.2, 0) is 9.30 Å². The van der Waals surface area contributed by atoms with Crippen LogP contribution in [0.25, 0.3) is 10.2 Å². The summed E-state index contributed by atoms with van der Waals surface area (Å²) < 4.78 is 20.5. The van der Waals surface area contributed by atoms with Crippen molar-refractivity contribution < 1.29 is 14.1 Å². The fourth-order valence-corrected chi connectivity index (χ4v) is 7.24. The fraction of sp³-hybridized carbons (Fsp3) is 0.0476. The van der Waals surface area contributed by atoms with E-state index >= 15 is 0 Å². The third-order valence-electron chi connectivity index (χ3n) is 4.31. The summed E-state index contributed by atoms with van der Waals surface area (Å²) in [6, 6.07) is 24.0. The maximum absolute atomic E-state index is 14.3. The number of thiazole rings is 1. The lowest BCUT2D eigenvalue weighted by atomic mass is 10.2. The lowest BCUT2D eigenvalue weighted by molar-refractivity contribution is 0.0601. The van der Waals surface area contributed by atoms with Crippen LogP contribution in [0, 0.1) is 0 Å². The molecule has 0 amide bonds. The lowest BCUT2D eigenvalue weighted by Gasteiger charge is -2.16. The van der Waals surface area contributed by atoms with Crippen molar-refractivity contribution in [2.24, 2.45) is 0 Å². The van der Waals surface area contributed by atoms with Crippen LogP contribution in [0.1, 0.15) is 10.4 Å². The topological polar surface area (TPSA) is 56.3 Å². The molecule has 0 saturated heterocycles. The molecular formula is C21H16NO3PS. The maximum Gasteiger partial charge on any atom is 0.337 e. The van der Waals surface area contributed by atoms with Gasteiger partial charge in [-0.25, -0.2) is 9.78 Å². The molecule has 4 nitrogen and oxygen atoms in total. The number of esters is 1. The number of aromatic nitrogens is 1. The van der Waals surface area contributed by atoms with Gasteiger partial charge >= 0.3 is 5.97 Å². The van der Waals surface area contributed by atoms with Crippen molar-refractivity contribution in [1.29, 1.82) is 0 Å². The summed E-state index contributed by atoms with van der Waals surface area (Å²) in [7, 11) is -1.76. The van der Waals surface area contributed by atoms with Crippen LogP contribution in [-0.4, -0.2) is 18.1 Å². The van der Waals surface area contributed by atoms with Gasteiger partial charge in [0.05, 0.1) is 22.9 Å². The van der Waals surface area contributed by atoms with Gasteiger partial charge in [0.2, 0.25) is 0 Å². The van der Waals surface area contributed by atoms with E-state index in [9.17, 15) is 9.36 Å². The number of carbonyl (C=O) groups is 1. The first kappa shape index (κ1) is 17.7. The van der Waals surface area contributed by atoms with Gasteiger partial charge in [0.1, 0.15) is 0 Å². The van der Waals surface area contributed by atoms with E-state index in [0.29, 0.717) is 15.8 Å². The lowest BCUT2D eigenvalue weighted by Crippen LogP contribution is -2.24. The molecule has 0 fully saturated rings. The first-order chi connectivity index (χ1) is 13.1. The highest BCUT2D eigenvalue weighted by atomic mass is 32.1. The molecule has 0 N–H and O–H groups in total. The van der Waals surface area contributed by atoms with Crippen LogP contribution in [0.15, 0.2) is 78.9 Å². The van der Waals surface area contributed by atoms with E-state index in [4.69, 9.17) is 4.74 Å². The fourth-order valence-electron chi connectivity index (χ4n) is 2.94. The number of benzene rings is 3. The number of nitrogens with zero attached hydrogens (tertiary/aromatic N) is 1. The normalized spacial score (nSPS) is 11.4. The van der Waals surface area contributed by atoms with E-state index in [1.165, 1.54) is 18.4 Å². The van der Waals surface area contributed by atoms with Crippen LogP contribution in [0.4, 0.5) is 0 Å². The molecule has 3 aromatic carbocycles. The third kappa shape index (κ3) is 3.09. The predicted octanol–water partition coefficient (Wildman–Crippen LogP) is 3.72. The van der Waals surface area contributed by atoms with Crippen molar-refractivity contribution in [3.05, 3.63) is 84.4 Å². The number of carbonyl (C=O) groups excluding carboxylic acids is 1. The van der Waals surface area contributed by atoms with E-state index in [-0.39, 0.29) is 0 Å². The second-order valence-electron chi connectivity index (χ2n) is 5.95. The van der Waals surface area contributed by atoms with Crippen molar-refractivity contribution >= 4 is 50.0 Å². The summed E-state index contributed by atoms with van der Waals surface area (Å²) in [5, 5.41) is 1.48. The average Bonchev–Trinajstić information content (AvgIpc) is 3.17. The Bertz CT molecular complexity index is 1110. The molecule has 0 radical (unpaired) electrons. The molecular weight excluding hydrogens is 377 g/mol. The van der Waals surface area contributed by atoms with Crippen LogP contribution in [0.5, 0.6) is 0 Å². The minimum Gasteiger partial charge on any atom is -0.465 e. The van der Waals surface area contributed by atoms with E-state index in [2.05, 4.69) is 4.98 Å². The molecule has 134 valence electrons. The molecule has 0 aliphatic rings. The molecule has 6 heteroatoms. The van der Waals surface area contributed by atoms with E-state index in [0.717, 1.165) is 15.3 Å². The van der Waals surface area contributed by atoms with Crippen molar-refractivity contribution in [3.8, 4) is 0 Å². The van der Waals surface area contributed by atoms with E-state index in [1.807, 2.05) is 66.7 Å². The summed E-state index contributed by atoms with van der Waals surface area (Å²) >= 11 is 1.40. The number of hydrogen-bond donors (Lipinski definition) is 0. The molecule has 1 heterocycles. The van der Waals surface area contributed by atoms with Gasteiger partial charge in [-0.3, -0.25) is 0 Å². The number of rotatable bonds is 4. The number of hydrogen-bond acceptors (Lipinski definition) is 5. The molecule has 0 aliphatic heterocycles. The van der Waals surface area contributed by atoms with Crippen molar-refractivity contribution in [3.63, 3.8) is 0 Å². The summed E-state index contributed by atoms with van der Waals surface area (Å²) in [5.74, 6) is -0.416. The second kappa shape index (κ2) is 7.10. The summed E-state index contributed by atoms with van der Waals surface area (Å²) in [4.78, 5) is 16.5. The van der Waals surface area contributed by atoms with Gasteiger partial charge in [-0.2, -0.15) is 0 Å². The standard InChI is InChI=1S/C21H16NO3PS/c1-25-20(23)15-12-13-19-18(14-15)22-21(27-19)26(24,16-8-4-2-5-9-16)17-10-6-3-7-11-17/h2-14H,1H3. The Kier molecular flexibility index (Phi) is 4.65. The maximum atomic E-state index is 14.3. The monoisotopic (exact) mass is 393 g/mol. The highest BCUT2D eigenvalue weighted by molar-refractivity contribution is 7.89. The molecule has 1 aromatic heterocycles. The summed E-state index contributed by atoms with van der Waals surface area (Å²) in [5.41, 5.74) is 1.07. The Morgan fingerprint density at radius 2 is 1.52 bits per heavy atom. The van der Waals surface area contributed by atoms with Crippen LogP contribution in [0.2, 0.25) is 0 Å². The Balaban J connectivity index is 1.93. The minimum absolute atomic E-state index is 0.416. The van der Waals surface area contributed by atoms with Gasteiger partial charge in [-0.05, 0) is 18.2 Å².